The minimum Gasteiger partial charge on any atom is -0.309 e. The smallest absolute Gasteiger partial charge is 0.0626 e. The molecule has 0 radical (unpaired) electrons. The van der Waals surface area contributed by atoms with Crippen molar-refractivity contribution in [1.29, 1.82) is 0 Å². The van der Waals surface area contributed by atoms with Crippen LogP contribution in [0.15, 0.2) is 200 Å². The van der Waals surface area contributed by atoms with Crippen molar-refractivity contribution >= 4 is 81.7 Å². The van der Waals surface area contributed by atoms with Gasteiger partial charge in [-0.3, -0.25) is 0 Å². The van der Waals surface area contributed by atoms with Gasteiger partial charge in [0.2, 0.25) is 0 Å². The Bertz CT molecular complexity index is 3730. The summed E-state index contributed by atoms with van der Waals surface area (Å²) in [5.74, 6) is 0. The molecule has 13 aromatic rings. The SMILES string of the molecule is c1ccc(-n2c3ccccc3c3cc(-c4ccc5c(c4)c4cc(-c6ccc7c8ccccc8n8c9ccccc9c6c78)ccc4n5-c4ccccc4)ccc32)cc1. The quantitative estimate of drug-likeness (QED) is 0.172. The number of aromatic nitrogens is 3. The van der Waals surface area contributed by atoms with Crippen LogP contribution in [0, 0.1) is 0 Å². The van der Waals surface area contributed by atoms with E-state index < -0.39 is 0 Å². The van der Waals surface area contributed by atoms with Crippen molar-refractivity contribution in [2.24, 2.45) is 0 Å². The van der Waals surface area contributed by atoms with Crippen LogP contribution in [0.2, 0.25) is 0 Å². The first-order valence-corrected chi connectivity index (χ1v) is 19.7. The van der Waals surface area contributed by atoms with E-state index in [4.69, 9.17) is 0 Å². The highest BCUT2D eigenvalue weighted by Crippen LogP contribution is 2.45. The molecule has 0 aliphatic rings. The van der Waals surface area contributed by atoms with Crippen LogP contribution in [0.25, 0.3) is 115 Å². The zero-order chi connectivity index (χ0) is 37.2. The Hall–Kier alpha value is -7.62. The zero-order valence-electron chi connectivity index (χ0n) is 30.9. The van der Waals surface area contributed by atoms with E-state index in [0.717, 1.165) is 5.69 Å². The first-order chi connectivity index (χ1) is 28.3. The predicted octanol–water partition coefficient (Wildman–Crippen LogP) is 14.4. The Morgan fingerprint density at radius 1 is 0.263 bits per heavy atom. The molecular formula is C54H33N3. The van der Waals surface area contributed by atoms with Gasteiger partial charge in [-0.2, -0.15) is 0 Å². The van der Waals surface area contributed by atoms with Crippen molar-refractivity contribution in [3.63, 3.8) is 0 Å². The summed E-state index contributed by atoms with van der Waals surface area (Å²) in [6, 6.07) is 73.7. The standard InChI is InChI=1S/C54H33N3/c1-3-13-37(14-4-1)55-47-20-10-8-18-41(47)44-31-34(23-28-50(44)55)35-24-29-51-45(32-35)46-33-36(25-30-52(46)56(51)38-15-5-2-6-16-38)39-26-27-42-40-17-7-11-21-48(40)57-49-22-12-9-19-43(49)53(39)54(42)57/h1-33H. The van der Waals surface area contributed by atoms with Crippen molar-refractivity contribution in [3.05, 3.63) is 200 Å². The van der Waals surface area contributed by atoms with Crippen LogP contribution in [-0.2, 0) is 0 Å². The summed E-state index contributed by atoms with van der Waals surface area (Å²) < 4.78 is 7.27. The maximum Gasteiger partial charge on any atom is 0.0626 e. The lowest BCUT2D eigenvalue weighted by molar-refractivity contribution is 1.18. The molecule has 264 valence electrons. The third-order valence-electron chi connectivity index (χ3n) is 12.4. The topological polar surface area (TPSA) is 14.3 Å². The van der Waals surface area contributed by atoms with E-state index in [-0.39, 0.29) is 0 Å². The number of nitrogens with zero attached hydrogens (tertiary/aromatic N) is 3. The third-order valence-corrected chi connectivity index (χ3v) is 12.4. The molecule has 0 spiro atoms. The molecule has 0 aliphatic heterocycles. The minimum atomic E-state index is 1.16. The number of fused-ring (bicyclic) bond motifs is 12. The molecule has 57 heavy (non-hydrogen) atoms. The summed E-state index contributed by atoms with van der Waals surface area (Å²) in [4.78, 5) is 0. The number of hydrogen-bond acceptors (Lipinski definition) is 0. The second-order valence-corrected chi connectivity index (χ2v) is 15.3. The van der Waals surface area contributed by atoms with Crippen LogP contribution in [-0.4, -0.2) is 13.5 Å². The van der Waals surface area contributed by atoms with Crippen LogP contribution < -0.4 is 0 Å². The fourth-order valence-corrected chi connectivity index (χ4v) is 9.93. The fourth-order valence-electron chi connectivity index (χ4n) is 9.93. The highest BCUT2D eigenvalue weighted by atomic mass is 15.0. The van der Waals surface area contributed by atoms with Gasteiger partial charge in [0.15, 0.2) is 0 Å². The molecule has 13 rings (SSSR count). The summed E-state index contributed by atoms with van der Waals surface area (Å²) in [7, 11) is 0. The summed E-state index contributed by atoms with van der Waals surface area (Å²) in [6.45, 7) is 0. The maximum atomic E-state index is 2.47. The van der Waals surface area contributed by atoms with Crippen molar-refractivity contribution in [3.8, 4) is 33.6 Å². The summed E-state index contributed by atoms with van der Waals surface area (Å²) in [6.07, 6.45) is 0. The number of para-hydroxylation sites is 5. The molecule has 9 aromatic carbocycles. The zero-order valence-corrected chi connectivity index (χ0v) is 30.9. The Morgan fingerprint density at radius 2 is 0.684 bits per heavy atom. The molecule has 3 nitrogen and oxygen atoms in total. The van der Waals surface area contributed by atoms with Gasteiger partial charge in [-0.15, -0.1) is 0 Å². The molecule has 0 saturated heterocycles. The van der Waals surface area contributed by atoms with Gasteiger partial charge >= 0.3 is 0 Å². The highest BCUT2D eigenvalue weighted by Gasteiger charge is 2.22. The van der Waals surface area contributed by atoms with Crippen molar-refractivity contribution in [2.75, 3.05) is 0 Å². The molecule has 0 saturated carbocycles. The molecule has 3 heteroatoms. The first kappa shape index (κ1) is 30.7. The molecular weight excluding hydrogens is 691 g/mol. The van der Waals surface area contributed by atoms with E-state index in [1.54, 1.807) is 0 Å². The predicted molar refractivity (Wildman–Crippen MR) is 241 cm³/mol. The largest absolute Gasteiger partial charge is 0.309 e. The van der Waals surface area contributed by atoms with E-state index in [1.165, 1.54) is 110 Å². The van der Waals surface area contributed by atoms with E-state index >= 15 is 0 Å². The molecule has 0 N–H and O–H groups in total. The molecule has 0 amide bonds. The van der Waals surface area contributed by atoms with Crippen LogP contribution in [0.4, 0.5) is 0 Å². The molecule has 4 heterocycles. The van der Waals surface area contributed by atoms with E-state index in [0.29, 0.717) is 0 Å². The van der Waals surface area contributed by atoms with Gasteiger partial charge < -0.3 is 13.5 Å². The summed E-state index contributed by atoms with van der Waals surface area (Å²) >= 11 is 0. The summed E-state index contributed by atoms with van der Waals surface area (Å²) in [5.41, 5.74) is 15.9. The fraction of sp³-hybridized carbons (Fsp3) is 0. The normalized spacial score (nSPS) is 12.2. The van der Waals surface area contributed by atoms with Gasteiger partial charge in [-0.1, -0.05) is 121 Å². The Balaban J connectivity index is 1.06. The molecule has 0 fully saturated rings. The van der Waals surface area contributed by atoms with Crippen LogP contribution in [0.1, 0.15) is 0 Å². The first-order valence-electron chi connectivity index (χ1n) is 19.7. The van der Waals surface area contributed by atoms with Gasteiger partial charge in [0, 0.05) is 54.5 Å². The van der Waals surface area contributed by atoms with Crippen molar-refractivity contribution in [1.82, 2.24) is 13.5 Å². The second kappa shape index (κ2) is 11.5. The Labute approximate surface area is 327 Å². The summed E-state index contributed by atoms with van der Waals surface area (Å²) in [5, 5.41) is 10.2. The molecule has 4 aromatic heterocycles. The van der Waals surface area contributed by atoms with Crippen molar-refractivity contribution < 1.29 is 0 Å². The Kier molecular flexibility index (Phi) is 6.16. The molecule has 0 unspecified atom stereocenters. The third kappa shape index (κ3) is 4.20. The van der Waals surface area contributed by atoms with E-state index in [1.807, 2.05) is 0 Å². The maximum absolute atomic E-state index is 2.47. The molecule has 0 atom stereocenters. The number of benzene rings is 9. The van der Waals surface area contributed by atoms with Gasteiger partial charge in [-0.05, 0) is 101 Å². The average Bonchev–Trinajstić information content (AvgIpc) is 4.01. The second-order valence-electron chi connectivity index (χ2n) is 15.3. The Morgan fingerprint density at radius 3 is 1.28 bits per heavy atom. The van der Waals surface area contributed by atoms with Gasteiger partial charge in [0.1, 0.15) is 0 Å². The lowest BCUT2D eigenvalue weighted by atomic mass is 9.95. The number of rotatable bonds is 4. The van der Waals surface area contributed by atoms with E-state index in [2.05, 4.69) is 214 Å². The van der Waals surface area contributed by atoms with E-state index in [9.17, 15) is 0 Å². The highest BCUT2D eigenvalue weighted by molar-refractivity contribution is 6.27. The molecule has 0 bridgehead atoms. The van der Waals surface area contributed by atoms with Gasteiger partial charge in [0.25, 0.3) is 0 Å². The monoisotopic (exact) mass is 723 g/mol. The van der Waals surface area contributed by atoms with Gasteiger partial charge in [-0.25, -0.2) is 0 Å². The molecule has 0 aliphatic carbocycles. The lowest BCUT2D eigenvalue weighted by Gasteiger charge is -2.09. The lowest BCUT2D eigenvalue weighted by Crippen LogP contribution is -1.93. The van der Waals surface area contributed by atoms with Gasteiger partial charge in [0.05, 0.1) is 38.6 Å². The van der Waals surface area contributed by atoms with Crippen LogP contribution in [0.3, 0.4) is 0 Å². The van der Waals surface area contributed by atoms with Crippen LogP contribution >= 0.6 is 0 Å². The minimum absolute atomic E-state index is 1.16. The average molecular weight is 724 g/mol. The van der Waals surface area contributed by atoms with Crippen LogP contribution in [0.5, 0.6) is 0 Å². The number of hydrogen-bond donors (Lipinski definition) is 0. The van der Waals surface area contributed by atoms with Crippen molar-refractivity contribution in [2.45, 2.75) is 0 Å².